The summed E-state index contributed by atoms with van der Waals surface area (Å²) in [5, 5.41) is 3.78. The highest BCUT2D eigenvalue weighted by atomic mass is 35.5. The SMILES string of the molecule is COC(=O)c1sc(NCCc2ccc(F)cc2C)nc1Cl. The molecule has 0 radical (unpaired) electrons. The molecule has 2 aromatic rings. The second-order valence-electron chi connectivity index (χ2n) is 4.38. The number of rotatable bonds is 5. The molecular formula is C14H14ClFN2O2S. The van der Waals surface area contributed by atoms with E-state index in [-0.39, 0.29) is 15.8 Å². The van der Waals surface area contributed by atoms with E-state index in [9.17, 15) is 9.18 Å². The molecule has 0 amide bonds. The molecule has 2 rings (SSSR count). The normalized spacial score (nSPS) is 10.5. The van der Waals surface area contributed by atoms with Crippen LogP contribution in [0.5, 0.6) is 0 Å². The average Bonchev–Trinajstić information content (AvgIpc) is 2.81. The molecule has 0 aliphatic carbocycles. The van der Waals surface area contributed by atoms with E-state index in [2.05, 4.69) is 15.0 Å². The summed E-state index contributed by atoms with van der Waals surface area (Å²) in [6, 6.07) is 4.71. The second kappa shape index (κ2) is 6.87. The van der Waals surface area contributed by atoms with Crippen LogP contribution in [0.25, 0.3) is 0 Å². The molecule has 1 heterocycles. The predicted octanol–water partition coefficient (Wildman–Crippen LogP) is 3.69. The van der Waals surface area contributed by atoms with Crippen molar-refractivity contribution in [3.63, 3.8) is 0 Å². The molecule has 0 atom stereocenters. The Morgan fingerprint density at radius 1 is 1.52 bits per heavy atom. The number of nitrogens with zero attached hydrogens (tertiary/aromatic N) is 1. The summed E-state index contributed by atoms with van der Waals surface area (Å²) >= 11 is 7.02. The first-order valence-electron chi connectivity index (χ1n) is 6.25. The van der Waals surface area contributed by atoms with Gasteiger partial charge >= 0.3 is 5.97 Å². The first-order chi connectivity index (χ1) is 10.0. The van der Waals surface area contributed by atoms with E-state index in [4.69, 9.17) is 11.6 Å². The Kier molecular flexibility index (Phi) is 5.14. The molecule has 7 heteroatoms. The van der Waals surface area contributed by atoms with Crippen molar-refractivity contribution in [1.29, 1.82) is 0 Å². The Balaban J connectivity index is 1.96. The first-order valence-corrected chi connectivity index (χ1v) is 7.44. The van der Waals surface area contributed by atoms with Crippen LogP contribution in [0.3, 0.4) is 0 Å². The largest absolute Gasteiger partial charge is 0.465 e. The summed E-state index contributed by atoms with van der Waals surface area (Å²) in [5.74, 6) is -0.737. The van der Waals surface area contributed by atoms with Crippen LogP contribution in [0, 0.1) is 12.7 Å². The van der Waals surface area contributed by atoms with Gasteiger partial charge in [0.25, 0.3) is 0 Å². The molecule has 1 aromatic carbocycles. The minimum absolute atomic E-state index is 0.132. The van der Waals surface area contributed by atoms with Crippen LogP contribution in [0.4, 0.5) is 9.52 Å². The highest BCUT2D eigenvalue weighted by Crippen LogP contribution is 2.27. The average molecular weight is 329 g/mol. The summed E-state index contributed by atoms with van der Waals surface area (Å²) in [7, 11) is 1.29. The standard InChI is InChI=1S/C14H14ClFN2O2S/c1-8-7-10(16)4-3-9(8)5-6-17-14-18-12(15)11(21-14)13(19)20-2/h3-4,7H,5-6H2,1-2H3,(H,17,18). The number of aryl methyl sites for hydroxylation is 1. The van der Waals surface area contributed by atoms with Crippen molar-refractivity contribution in [2.75, 3.05) is 19.0 Å². The number of hydrogen-bond acceptors (Lipinski definition) is 5. The fourth-order valence-corrected chi connectivity index (χ4v) is 2.97. The third-order valence-electron chi connectivity index (χ3n) is 2.93. The van der Waals surface area contributed by atoms with Crippen molar-refractivity contribution in [3.8, 4) is 0 Å². The van der Waals surface area contributed by atoms with Crippen LogP contribution in [0.15, 0.2) is 18.2 Å². The van der Waals surface area contributed by atoms with Gasteiger partial charge in [0, 0.05) is 6.54 Å². The third-order valence-corrected chi connectivity index (χ3v) is 4.31. The lowest BCUT2D eigenvalue weighted by atomic mass is 10.1. The Morgan fingerprint density at radius 3 is 2.95 bits per heavy atom. The molecule has 0 saturated carbocycles. The number of esters is 1. The number of carbonyl (C=O) groups is 1. The van der Waals surface area contributed by atoms with Gasteiger partial charge < -0.3 is 10.1 Å². The zero-order valence-electron chi connectivity index (χ0n) is 11.6. The smallest absolute Gasteiger partial charge is 0.351 e. The summed E-state index contributed by atoms with van der Waals surface area (Å²) in [6.45, 7) is 2.48. The number of carbonyl (C=O) groups excluding carboxylic acids is 1. The maximum absolute atomic E-state index is 13.0. The van der Waals surface area contributed by atoms with Gasteiger partial charge in [-0.2, -0.15) is 0 Å². The van der Waals surface area contributed by atoms with Gasteiger partial charge in [0.05, 0.1) is 7.11 Å². The molecule has 0 aliphatic heterocycles. The van der Waals surface area contributed by atoms with E-state index in [1.54, 1.807) is 6.07 Å². The van der Waals surface area contributed by atoms with Crippen LogP contribution in [0.2, 0.25) is 5.15 Å². The highest BCUT2D eigenvalue weighted by Gasteiger charge is 2.17. The van der Waals surface area contributed by atoms with Crippen molar-refractivity contribution < 1.29 is 13.9 Å². The molecule has 0 spiro atoms. The van der Waals surface area contributed by atoms with Crippen LogP contribution in [-0.2, 0) is 11.2 Å². The van der Waals surface area contributed by atoms with E-state index < -0.39 is 5.97 Å². The number of methoxy groups -OCH3 is 1. The number of benzene rings is 1. The van der Waals surface area contributed by atoms with E-state index in [1.165, 1.54) is 19.2 Å². The van der Waals surface area contributed by atoms with Crippen LogP contribution >= 0.6 is 22.9 Å². The van der Waals surface area contributed by atoms with Gasteiger partial charge in [-0.3, -0.25) is 0 Å². The van der Waals surface area contributed by atoms with Gasteiger partial charge in [-0.25, -0.2) is 14.2 Å². The van der Waals surface area contributed by atoms with Crippen molar-refractivity contribution >= 4 is 34.0 Å². The summed E-state index contributed by atoms with van der Waals surface area (Å²) in [5.41, 5.74) is 1.96. The predicted molar refractivity (Wildman–Crippen MR) is 81.8 cm³/mol. The number of anilines is 1. The lowest BCUT2D eigenvalue weighted by molar-refractivity contribution is 0.0606. The van der Waals surface area contributed by atoms with Crippen LogP contribution in [0.1, 0.15) is 20.8 Å². The molecule has 0 unspecified atom stereocenters. The molecule has 0 aliphatic rings. The highest BCUT2D eigenvalue weighted by molar-refractivity contribution is 7.18. The molecule has 4 nitrogen and oxygen atoms in total. The Morgan fingerprint density at radius 2 is 2.29 bits per heavy atom. The Bertz CT molecular complexity index is 660. The fourth-order valence-electron chi connectivity index (χ4n) is 1.84. The number of ether oxygens (including phenoxy) is 1. The van der Waals surface area contributed by atoms with Gasteiger partial charge in [-0.05, 0) is 36.6 Å². The number of thiazole rings is 1. The molecule has 0 fully saturated rings. The van der Waals surface area contributed by atoms with Gasteiger partial charge in [0.2, 0.25) is 0 Å². The minimum atomic E-state index is -0.500. The Labute approximate surface area is 130 Å². The second-order valence-corrected chi connectivity index (χ2v) is 5.74. The van der Waals surface area contributed by atoms with Gasteiger partial charge in [0.1, 0.15) is 5.82 Å². The minimum Gasteiger partial charge on any atom is -0.465 e. The fraction of sp³-hybridized carbons (Fsp3) is 0.286. The molecule has 21 heavy (non-hydrogen) atoms. The molecule has 0 bridgehead atoms. The zero-order valence-corrected chi connectivity index (χ0v) is 13.1. The lowest BCUT2D eigenvalue weighted by Gasteiger charge is -2.06. The quantitative estimate of drug-likeness (QED) is 0.851. The topological polar surface area (TPSA) is 51.2 Å². The Hall–Kier alpha value is -1.66. The van der Waals surface area contributed by atoms with Gasteiger partial charge in [0.15, 0.2) is 15.2 Å². The van der Waals surface area contributed by atoms with Crippen molar-refractivity contribution in [2.24, 2.45) is 0 Å². The summed E-state index contributed by atoms with van der Waals surface area (Å²) < 4.78 is 17.6. The van der Waals surface area contributed by atoms with Gasteiger partial charge in [-0.15, -0.1) is 0 Å². The van der Waals surface area contributed by atoms with Crippen LogP contribution < -0.4 is 5.32 Å². The van der Waals surface area contributed by atoms with Crippen molar-refractivity contribution in [1.82, 2.24) is 4.98 Å². The van der Waals surface area contributed by atoms with E-state index in [1.807, 2.05) is 6.92 Å². The number of aromatic nitrogens is 1. The van der Waals surface area contributed by atoms with E-state index in [0.717, 1.165) is 28.9 Å². The zero-order chi connectivity index (χ0) is 15.4. The van der Waals surface area contributed by atoms with Crippen molar-refractivity contribution in [3.05, 3.63) is 45.2 Å². The summed E-state index contributed by atoms with van der Waals surface area (Å²) in [4.78, 5) is 15.8. The lowest BCUT2D eigenvalue weighted by Crippen LogP contribution is -2.05. The molecular weight excluding hydrogens is 315 g/mol. The van der Waals surface area contributed by atoms with Crippen LogP contribution in [-0.4, -0.2) is 24.6 Å². The molecule has 0 saturated heterocycles. The number of halogens is 2. The summed E-state index contributed by atoms with van der Waals surface area (Å²) in [6.07, 6.45) is 0.719. The monoisotopic (exact) mass is 328 g/mol. The molecule has 112 valence electrons. The molecule has 1 N–H and O–H groups in total. The first kappa shape index (κ1) is 15.7. The number of nitrogens with one attached hydrogen (secondary N) is 1. The number of hydrogen-bond donors (Lipinski definition) is 1. The van der Waals surface area contributed by atoms with Gasteiger partial charge in [-0.1, -0.05) is 29.0 Å². The third kappa shape index (κ3) is 3.92. The van der Waals surface area contributed by atoms with Crippen molar-refractivity contribution in [2.45, 2.75) is 13.3 Å². The van der Waals surface area contributed by atoms with E-state index >= 15 is 0 Å². The maximum Gasteiger partial charge on any atom is 0.351 e. The molecule has 1 aromatic heterocycles. The maximum atomic E-state index is 13.0. The van der Waals surface area contributed by atoms with E-state index in [0.29, 0.717) is 11.7 Å².